The van der Waals surface area contributed by atoms with Crippen molar-refractivity contribution in [3.05, 3.63) is 59.0 Å². The third-order valence-electron chi connectivity index (χ3n) is 3.74. The van der Waals surface area contributed by atoms with Crippen LogP contribution in [0.15, 0.2) is 42.6 Å². The van der Waals surface area contributed by atoms with E-state index in [0.717, 1.165) is 23.0 Å². The molecule has 2 aromatic heterocycles. The Balaban J connectivity index is 2.05. The molecule has 3 rings (SSSR count). The molecule has 4 nitrogen and oxygen atoms in total. The molecule has 2 heterocycles. The SMILES string of the molecule is CCn1c(C(=O)Nc2ccnc(Cl)c2)c(C)c2ccccc21. The quantitative estimate of drug-likeness (QED) is 0.734. The molecule has 1 aromatic carbocycles. The molecule has 0 aliphatic carbocycles. The van der Waals surface area contributed by atoms with Crippen molar-refractivity contribution in [3.63, 3.8) is 0 Å². The van der Waals surface area contributed by atoms with Crippen molar-refractivity contribution in [3.8, 4) is 0 Å². The number of amides is 1. The van der Waals surface area contributed by atoms with Gasteiger partial charge in [0, 0.05) is 29.3 Å². The maximum atomic E-state index is 12.7. The maximum absolute atomic E-state index is 12.7. The second-order valence-corrected chi connectivity index (χ2v) is 5.44. The first-order chi connectivity index (χ1) is 10.6. The number of carbonyl (C=O) groups is 1. The summed E-state index contributed by atoms with van der Waals surface area (Å²) < 4.78 is 2.03. The Kier molecular flexibility index (Phi) is 3.86. The molecule has 0 saturated carbocycles. The Bertz CT molecular complexity index is 854. The van der Waals surface area contributed by atoms with Crippen LogP contribution in [0.2, 0.25) is 5.15 Å². The number of aromatic nitrogens is 2. The minimum Gasteiger partial charge on any atom is -0.337 e. The maximum Gasteiger partial charge on any atom is 0.272 e. The van der Waals surface area contributed by atoms with Crippen molar-refractivity contribution < 1.29 is 4.79 Å². The lowest BCUT2D eigenvalue weighted by Gasteiger charge is -2.10. The third-order valence-corrected chi connectivity index (χ3v) is 3.95. The molecule has 1 N–H and O–H groups in total. The predicted molar refractivity (Wildman–Crippen MR) is 89.5 cm³/mol. The number of anilines is 1. The lowest BCUT2D eigenvalue weighted by molar-refractivity contribution is 0.101. The van der Waals surface area contributed by atoms with E-state index in [4.69, 9.17) is 11.6 Å². The Morgan fingerprint density at radius 2 is 2.09 bits per heavy atom. The highest BCUT2D eigenvalue weighted by molar-refractivity contribution is 6.29. The zero-order valence-corrected chi connectivity index (χ0v) is 13.2. The Labute approximate surface area is 133 Å². The van der Waals surface area contributed by atoms with Gasteiger partial charge in [-0.15, -0.1) is 0 Å². The van der Waals surface area contributed by atoms with E-state index in [2.05, 4.69) is 10.3 Å². The fraction of sp³-hybridized carbons (Fsp3) is 0.176. The highest BCUT2D eigenvalue weighted by Crippen LogP contribution is 2.26. The number of carbonyl (C=O) groups excluding carboxylic acids is 1. The summed E-state index contributed by atoms with van der Waals surface area (Å²) in [7, 11) is 0. The zero-order chi connectivity index (χ0) is 15.7. The van der Waals surface area contributed by atoms with Gasteiger partial charge in [-0.3, -0.25) is 4.79 Å². The van der Waals surface area contributed by atoms with Crippen LogP contribution in [0.1, 0.15) is 23.0 Å². The first kappa shape index (κ1) is 14.6. The second kappa shape index (κ2) is 5.81. The first-order valence-corrected chi connectivity index (χ1v) is 7.50. The average Bonchev–Trinajstić information content (AvgIpc) is 2.80. The number of benzene rings is 1. The van der Waals surface area contributed by atoms with Gasteiger partial charge in [0.15, 0.2) is 0 Å². The van der Waals surface area contributed by atoms with Crippen LogP contribution in [0, 0.1) is 6.92 Å². The predicted octanol–water partition coefficient (Wildman–Crippen LogP) is 4.27. The van der Waals surface area contributed by atoms with Gasteiger partial charge >= 0.3 is 0 Å². The number of para-hydroxylation sites is 1. The largest absolute Gasteiger partial charge is 0.337 e. The molecule has 0 radical (unpaired) electrons. The fourth-order valence-corrected chi connectivity index (χ4v) is 2.94. The molecule has 0 saturated heterocycles. The molecule has 3 aromatic rings. The molecule has 0 aliphatic heterocycles. The molecule has 0 aliphatic rings. The van der Waals surface area contributed by atoms with Crippen LogP contribution in [0.25, 0.3) is 10.9 Å². The van der Waals surface area contributed by atoms with E-state index >= 15 is 0 Å². The van der Waals surface area contributed by atoms with Gasteiger partial charge in [0.1, 0.15) is 10.8 Å². The Morgan fingerprint density at radius 3 is 2.82 bits per heavy atom. The average molecular weight is 314 g/mol. The van der Waals surface area contributed by atoms with Crippen molar-refractivity contribution in [2.24, 2.45) is 0 Å². The molecular weight excluding hydrogens is 298 g/mol. The molecule has 0 fully saturated rings. The molecule has 5 heteroatoms. The summed E-state index contributed by atoms with van der Waals surface area (Å²) in [6.45, 7) is 4.74. The zero-order valence-electron chi connectivity index (χ0n) is 12.4. The van der Waals surface area contributed by atoms with E-state index in [-0.39, 0.29) is 5.91 Å². The van der Waals surface area contributed by atoms with Crippen molar-refractivity contribution >= 4 is 34.1 Å². The number of rotatable bonds is 3. The first-order valence-electron chi connectivity index (χ1n) is 7.12. The van der Waals surface area contributed by atoms with Crippen molar-refractivity contribution in [1.29, 1.82) is 0 Å². The van der Waals surface area contributed by atoms with Gasteiger partial charge in [0.05, 0.1) is 0 Å². The third kappa shape index (κ3) is 2.46. The van der Waals surface area contributed by atoms with Crippen molar-refractivity contribution in [2.75, 3.05) is 5.32 Å². The van der Waals surface area contributed by atoms with Crippen molar-refractivity contribution in [1.82, 2.24) is 9.55 Å². The molecule has 0 atom stereocenters. The number of pyridine rings is 1. The Morgan fingerprint density at radius 1 is 1.32 bits per heavy atom. The van der Waals surface area contributed by atoms with Crippen LogP contribution in [0.4, 0.5) is 5.69 Å². The number of halogens is 1. The van der Waals surface area contributed by atoms with Crippen molar-refractivity contribution in [2.45, 2.75) is 20.4 Å². The van der Waals surface area contributed by atoms with Gasteiger partial charge < -0.3 is 9.88 Å². The monoisotopic (exact) mass is 313 g/mol. The van der Waals surface area contributed by atoms with Gasteiger partial charge in [0.25, 0.3) is 5.91 Å². The van der Waals surface area contributed by atoms with Gasteiger partial charge in [0.2, 0.25) is 0 Å². The molecule has 0 unspecified atom stereocenters. The van der Waals surface area contributed by atoms with Crippen LogP contribution in [0.3, 0.4) is 0 Å². The summed E-state index contributed by atoms with van der Waals surface area (Å²) in [6.07, 6.45) is 1.57. The fourth-order valence-electron chi connectivity index (χ4n) is 2.77. The molecular formula is C17H16ClN3O. The van der Waals surface area contributed by atoms with E-state index in [0.29, 0.717) is 16.5 Å². The van der Waals surface area contributed by atoms with Crippen LogP contribution in [0.5, 0.6) is 0 Å². The van der Waals surface area contributed by atoms with Crippen LogP contribution in [-0.2, 0) is 6.54 Å². The summed E-state index contributed by atoms with van der Waals surface area (Å²) in [5.74, 6) is -0.141. The summed E-state index contributed by atoms with van der Waals surface area (Å²) in [5, 5.41) is 4.34. The number of hydrogen-bond donors (Lipinski definition) is 1. The topological polar surface area (TPSA) is 46.9 Å². The summed E-state index contributed by atoms with van der Waals surface area (Å²) in [4.78, 5) is 16.6. The molecule has 22 heavy (non-hydrogen) atoms. The van der Waals surface area contributed by atoms with Crippen LogP contribution in [-0.4, -0.2) is 15.5 Å². The second-order valence-electron chi connectivity index (χ2n) is 5.06. The van der Waals surface area contributed by atoms with Gasteiger partial charge in [-0.1, -0.05) is 29.8 Å². The van der Waals surface area contributed by atoms with E-state index in [1.54, 1.807) is 18.3 Å². The minimum atomic E-state index is -0.141. The van der Waals surface area contributed by atoms with E-state index in [1.165, 1.54) is 0 Å². The van der Waals surface area contributed by atoms with Gasteiger partial charge in [-0.25, -0.2) is 4.98 Å². The lowest BCUT2D eigenvalue weighted by atomic mass is 10.1. The summed E-state index contributed by atoms with van der Waals surface area (Å²) in [5.41, 5.74) is 3.37. The van der Waals surface area contributed by atoms with E-state index < -0.39 is 0 Å². The minimum absolute atomic E-state index is 0.141. The number of nitrogens with zero attached hydrogens (tertiary/aromatic N) is 2. The number of aryl methyl sites for hydroxylation is 2. The van der Waals surface area contributed by atoms with Crippen LogP contribution < -0.4 is 5.32 Å². The van der Waals surface area contributed by atoms with Crippen LogP contribution >= 0.6 is 11.6 Å². The smallest absolute Gasteiger partial charge is 0.272 e. The molecule has 1 amide bonds. The van der Waals surface area contributed by atoms with E-state index in [1.807, 2.05) is 42.7 Å². The number of fused-ring (bicyclic) bond motifs is 1. The standard InChI is InChI=1S/C17H16ClN3O/c1-3-21-14-7-5-4-6-13(14)11(2)16(21)17(22)20-12-8-9-19-15(18)10-12/h4-10H,3H2,1-2H3,(H,19,20,22). The highest BCUT2D eigenvalue weighted by Gasteiger charge is 2.19. The number of hydrogen-bond acceptors (Lipinski definition) is 2. The highest BCUT2D eigenvalue weighted by atomic mass is 35.5. The van der Waals surface area contributed by atoms with Gasteiger partial charge in [-0.05, 0) is 37.6 Å². The summed E-state index contributed by atoms with van der Waals surface area (Å²) >= 11 is 5.86. The molecule has 0 spiro atoms. The molecule has 0 bridgehead atoms. The van der Waals surface area contributed by atoms with E-state index in [9.17, 15) is 4.79 Å². The molecule has 112 valence electrons. The Hall–Kier alpha value is -2.33. The summed E-state index contributed by atoms with van der Waals surface area (Å²) in [6, 6.07) is 11.4. The van der Waals surface area contributed by atoms with Gasteiger partial charge in [-0.2, -0.15) is 0 Å². The lowest BCUT2D eigenvalue weighted by Crippen LogP contribution is -2.17. The number of nitrogens with one attached hydrogen (secondary N) is 1. The normalized spacial score (nSPS) is 10.9.